The van der Waals surface area contributed by atoms with Crippen molar-refractivity contribution in [3.8, 4) is 17.3 Å². The predicted octanol–water partition coefficient (Wildman–Crippen LogP) is 5.12. The summed E-state index contributed by atoms with van der Waals surface area (Å²) in [6.07, 6.45) is 4.80. The summed E-state index contributed by atoms with van der Waals surface area (Å²) in [5.74, 6) is 1.41. The minimum atomic E-state index is -1.33. The lowest BCUT2D eigenvalue weighted by atomic mass is 9.42. The van der Waals surface area contributed by atoms with Crippen LogP contribution in [0.3, 0.4) is 0 Å². The van der Waals surface area contributed by atoms with Crippen molar-refractivity contribution in [1.82, 2.24) is 29.3 Å². The van der Waals surface area contributed by atoms with Gasteiger partial charge in [-0.05, 0) is 94.5 Å². The average molecular weight is 658 g/mol. The first-order chi connectivity index (χ1) is 22.9. The number of methoxy groups -OCH3 is 1. The molecule has 10 nitrogen and oxygen atoms in total. The summed E-state index contributed by atoms with van der Waals surface area (Å²) in [7, 11) is 3.48. The zero-order valence-corrected chi connectivity index (χ0v) is 27.6. The first-order valence-electron chi connectivity index (χ1n) is 17.2. The molecule has 4 atom stereocenters. The minimum Gasteiger partial charge on any atom is -0.494 e. The number of hydrogen-bond acceptors (Lipinski definition) is 6. The van der Waals surface area contributed by atoms with Crippen LogP contribution < -0.4 is 15.8 Å². The zero-order chi connectivity index (χ0) is 33.3. The van der Waals surface area contributed by atoms with Crippen LogP contribution in [0.15, 0.2) is 30.3 Å². The van der Waals surface area contributed by atoms with E-state index in [2.05, 4.69) is 5.32 Å². The lowest BCUT2D eigenvalue weighted by molar-refractivity contribution is -0.214. The Balaban J connectivity index is 1.09. The van der Waals surface area contributed by atoms with Gasteiger partial charge in [-0.1, -0.05) is 0 Å². The molecule has 1 aliphatic heterocycles. The van der Waals surface area contributed by atoms with Gasteiger partial charge in [0, 0.05) is 36.6 Å². The number of fused-ring (bicyclic) bond motifs is 4. The molecule has 10 rings (SSSR count). The molecule has 1 saturated heterocycles. The van der Waals surface area contributed by atoms with Crippen molar-refractivity contribution in [3.63, 3.8) is 0 Å². The molecule has 3 aromatic heterocycles. The van der Waals surface area contributed by atoms with Gasteiger partial charge in [0.2, 0.25) is 5.91 Å². The Labute approximate surface area is 277 Å². The molecule has 48 heavy (non-hydrogen) atoms. The summed E-state index contributed by atoms with van der Waals surface area (Å²) in [6.45, 7) is 2.53. The predicted molar refractivity (Wildman–Crippen MR) is 176 cm³/mol. The van der Waals surface area contributed by atoms with E-state index in [1.165, 1.54) is 0 Å². The number of nitrogens with zero attached hydrogens (tertiary/aromatic N) is 5. The second kappa shape index (κ2) is 9.99. The molecule has 5 saturated carbocycles. The number of carbonyl (C=O) groups is 2. The Hall–Kier alpha value is -4.06. The van der Waals surface area contributed by atoms with E-state index in [9.17, 15) is 14.0 Å². The maximum absolute atomic E-state index is 15.5. The Kier molecular flexibility index (Phi) is 6.25. The van der Waals surface area contributed by atoms with Crippen molar-refractivity contribution in [3.05, 3.63) is 41.6 Å². The first kappa shape index (κ1) is 30.0. The summed E-state index contributed by atoms with van der Waals surface area (Å²) < 4.78 is 39.3. The molecule has 0 unspecified atom stereocenters. The third-order valence-electron chi connectivity index (χ3n) is 12.0. The van der Waals surface area contributed by atoms with Crippen molar-refractivity contribution in [2.75, 3.05) is 13.7 Å². The number of benzene rings is 1. The fourth-order valence-electron chi connectivity index (χ4n) is 9.06. The third-order valence-corrected chi connectivity index (χ3v) is 12.0. The summed E-state index contributed by atoms with van der Waals surface area (Å²) in [5.41, 5.74) is 7.15. The lowest BCUT2D eigenvalue weighted by Gasteiger charge is -2.64. The van der Waals surface area contributed by atoms with E-state index in [4.69, 9.17) is 20.4 Å². The van der Waals surface area contributed by atoms with Crippen LogP contribution in [0.1, 0.15) is 80.4 Å². The number of pyridine rings is 1. The van der Waals surface area contributed by atoms with E-state index in [-0.39, 0.29) is 30.4 Å². The van der Waals surface area contributed by atoms with Gasteiger partial charge in [0.05, 0.1) is 42.0 Å². The lowest BCUT2D eigenvalue weighted by Crippen LogP contribution is -2.70. The second-order valence-corrected chi connectivity index (χ2v) is 15.5. The van der Waals surface area contributed by atoms with Gasteiger partial charge in [-0.2, -0.15) is 0 Å². The molecule has 4 bridgehead atoms. The van der Waals surface area contributed by atoms with Gasteiger partial charge in [0.15, 0.2) is 5.82 Å². The fraction of sp³-hybridized carbons (Fsp3) is 0.556. The summed E-state index contributed by atoms with van der Waals surface area (Å²) in [4.78, 5) is 38.8. The van der Waals surface area contributed by atoms with Crippen molar-refractivity contribution < 1.29 is 23.1 Å². The number of likely N-dealkylation sites (tertiary alicyclic amines) is 1. The molecule has 252 valence electrons. The molecule has 0 radical (unpaired) electrons. The second-order valence-electron chi connectivity index (χ2n) is 15.5. The van der Waals surface area contributed by atoms with Gasteiger partial charge in [-0.25, -0.2) is 18.7 Å². The van der Waals surface area contributed by atoms with Crippen LogP contribution in [0, 0.1) is 11.3 Å². The third kappa shape index (κ3) is 4.43. The van der Waals surface area contributed by atoms with E-state index in [0.717, 1.165) is 30.2 Å². The number of piperidine rings is 1. The monoisotopic (exact) mass is 657 g/mol. The Bertz CT molecular complexity index is 2010. The standard InChI is InChI=1S/C36H41F2N7O3/c1-19(40-33(47)34-15-36(38,16-34)17-34)25-7-5-21-12-27(45(30(21)41-25)18-35(37)8-9-35)31-42-26-11-22(13-28(48-3)29(26)43(31)2)32(46)44-14-24(39)20-4-6-23(44)10-20/h5,7,11-13,19-20,23-24H,4,6,8-10,14-18,39H2,1-3H3,(H,40,47)/t19-,20-,23+,24+,34?,36?/m1/s1. The van der Waals surface area contributed by atoms with E-state index in [0.29, 0.717) is 84.3 Å². The van der Waals surface area contributed by atoms with Crippen molar-refractivity contribution in [1.29, 1.82) is 0 Å². The number of halogens is 2. The number of nitrogens with two attached hydrogens (primary N) is 1. The number of hydrogen-bond donors (Lipinski definition) is 2. The molecular formula is C36H41F2N7O3. The van der Waals surface area contributed by atoms with Crippen molar-refractivity contribution >= 4 is 33.9 Å². The topological polar surface area (TPSA) is 120 Å². The Morgan fingerprint density at radius 1 is 1.12 bits per heavy atom. The summed E-state index contributed by atoms with van der Waals surface area (Å²) in [5, 5.41) is 3.87. The van der Waals surface area contributed by atoms with E-state index in [1.807, 2.05) is 52.3 Å². The molecular weight excluding hydrogens is 616 g/mol. The van der Waals surface area contributed by atoms with Gasteiger partial charge >= 0.3 is 0 Å². The summed E-state index contributed by atoms with van der Waals surface area (Å²) in [6, 6.07) is 9.16. The van der Waals surface area contributed by atoms with Gasteiger partial charge in [-0.15, -0.1) is 0 Å². The average Bonchev–Trinajstić information content (AvgIpc) is 3.33. The molecule has 4 heterocycles. The highest BCUT2D eigenvalue weighted by Gasteiger charge is 2.72. The SMILES string of the molecule is COc1cc(C(=O)N2C[C@H](N)[C@@H]3CC[C@H]2C3)cc2nc(-c3cc4ccc([C@@H](C)NC(=O)C56CC(F)(C5)C6)nc4n3CC3(F)CC3)n(C)c12. The molecule has 1 aromatic carbocycles. The molecule has 12 heteroatoms. The number of alkyl halides is 2. The van der Waals surface area contributed by atoms with Crippen LogP contribution in [0.2, 0.25) is 0 Å². The Morgan fingerprint density at radius 2 is 1.90 bits per heavy atom. The number of amides is 2. The number of rotatable bonds is 8. The van der Waals surface area contributed by atoms with Crippen LogP contribution in [-0.2, 0) is 18.4 Å². The van der Waals surface area contributed by atoms with Crippen molar-refractivity contribution in [2.24, 2.45) is 24.1 Å². The molecule has 5 aliphatic carbocycles. The minimum absolute atomic E-state index is 0.0165. The molecule has 2 amide bonds. The normalized spacial score (nSPS) is 30.2. The maximum Gasteiger partial charge on any atom is 0.254 e. The van der Waals surface area contributed by atoms with Gasteiger partial charge in [0.25, 0.3) is 5.91 Å². The van der Waals surface area contributed by atoms with Gasteiger partial charge in [-0.3, -0.25) is 9.59 Å². The highest BCUT2D eigenvalue weighted by atomic mass is 19.1. The number of imidazole rings is 1. The van der Waals surface area contributed by atoms with E-state index in [1.54, 1.807) is 13.2 Å². The van der Waals surface area contributed by atoms with Crippen LogP contribution in [0.4, 0.5) is 8.78 Å². The Morgan fingerprint density at radius 3 is 2.60 bits per heavy atom. The van der Waals surface area contributed by atoms with E-state index >= 15 is 4.39 Å². The van der Waals surface area contributed by atoms with Gasteiger partial charge < -0.3 is 29.8 Å². The van der Waals surface area contributed by atoms with E-state index < -0.39 is 22.8 Å². The van der Waals surface area contributed by atoms with Crippen LogP contribution >= 0.6 is 0 Å². The number of carbonyl (C=O) groups excluding carboxylic acids is 2. The van der Waals surface area contributed by atoms with Crippen molar-refractivity contribution in [2.45, 2.75) is 94.3 Å². The highest BCUT2D eigenvalue weighted by Crippen LogP contribution is 2.69. The highest BCUT2D eigenvalue weighted by molar-refractivity contribution is 6.00. The smallest absolute Gasteiger partial charge is 0.254 e. The van der Waals surface area contributed by atoms with Gasteiger partial charge in [0.1, 0.15) is 28.3 Å². The molecule has 6 aliphatic rings. The largest absolute Gasteiger partial charge is 0.494 e. The number of aryl methyl sites for hydroxylation is 1. The van der Waals surface area contributed by atoms with Crippen LogP contribution in [0.25, 0.3) is 33.6 Å². The molecule has 4 aromatic rings. The van der Waals surface area contributed by atoms with Crippen LogP contribution in [0.5, 0.6) is 5.75 Å². The quantitative estimate of drug-likeness (QED) is 0.272. The fourth-order valence-corrected chi connectivity index (χ4v) is 9.06. The molecule has 3 N–H and O–H groups in total. The number of nitrogens with one attached hydrogen (secondary N) is 1. The maximum atomic E-state index is 15.5. The summed E-state index contributed by atoms with van der Waals surface area (Å²) >= 11 is 0. The zero-order valence-electron chi connectivity index (χ0n) is 27.6. The molecule has 0 spiro atoms. The number of ether oxygens (including phenoxy) is 1. The van der Waals surface area contributed by atoms with Crippen LogP contribution in [-0.4, -0.2) is 72.9 Å². The first-order valence-corrected chi connectivity index (χ1v) is 17.2. The molecule has 6 fully saturated rings. The number of aromatic nitrogens is 4.